The van der Waals surface area contributed by atoms with E-state index in [0.717, 1.165) is 0 Å². The summed E-state index contributed by atoms with van der Waals surface area (Å²) < 4.78 is 0. The lowest BCUT2D eigenvalue weighted by Crippen LogP contribution is -2.23. The Morgan fingerprint density at radius 1 is 1.41 bits per heavy atom. The van der Waals surface area contributed by atoms with Crippen LogP contribution in [-0.2, 0) is 0 Å². The summed E-state index contributed by atoms with van der Waals surface area (Å²) >= 11 is 1.49. The summed E-state index contributed by atoms with van der Waals surface area (Å²) in [4.78, 5) is 8.49. The minimum Gasteiger partial charge on any atom is -0.366 e. The summed E-state index contributed by atoms with van der Waals surface area (Å²) in [5, 5.41) is 13.1. The molecular formula is C12H16N4S. The molecule has 1 heterocycles. The molecule has 0 radical (unpaired) electrons. The molecule has 4 nitrogen and oxygen atoms in total. The first-order valence-electron chi connectivity index (χ1n) is 5.91. The lowest BCUT2D eigenvalue weighted by atomic mass is 9.95. The second kappa shape index (κ2) is 5.87. The van der Waals surface area contributed by atoms with Gasteiger partial charge in [0, 0.05) is 6.04 Å². The Morgan fingerprint density at radius 2 is 2.18 bits per heavy atom. The molecule has 0 aliphatic heterocycles. The Hall–Kier alpha value is -1.28. The van der Waals surface area contributed by atoms with Gasteiger partial charge in [0.1, 0.15) is 17.5 Å². The molecule has 1 N–H and O–H groups in total. The molecule has 0 amide bonds. The minimum atomic E-state index is 0.459. The van der Waals surface area contributed by atoms with E-state index in [9.17, 15) is 0 Å². The van der Waals surface area contributed by atoms with E-state index < -0.39 is 0 Å². The smallest absolute Gasteiger partial charge is 0.189 e. The number of nitrogens with zero attached hydrogens (tertiary/aromatic N) is 3. The summed E-state index contributed by atoms with van der Waals surface area (Å²) in [6.07, 6.45) is 9.73. The van der Waals surface area contributed by atoms with E-state index in [2.05, 4.69) is 21.4 Å². The monoisotopic (exact) mass is 248 g/mol. The molecule has 1 aliphatic carbocycles. The molecule has 0 spiro atoms. The van der Waals surface area contributed by atoms with Crippen LogP contribution in [0.5, 0.6) is 0 Å². The molecule has 0 aromatic carbocycles. The van der Waals surface area contributed by atoms with Crippen LogP contribution in [0.1, 0.15) is 37.7 Å². The zero-order valence-electron chi connectivity index (χ0n) is 9.94. The predicted octanol–water partition coefficient (Wildman–Crippen LogP) is 2.81. The molecule has 90 valence electrons. The fraction of sp³-hybridized carbons (Fsp3) is 0.583. The van der Waals surface area contributed by atoms with Crippen molar-refractivity contribution in [2.24, 2.45) is 0 Å². The predicted molar refractivity (Wildman–Crippen MR) is 69.0 cm³/mol. The van der Waals surface area contributed by atoms with Crippen LogP contribution < -0.4 is 5.32 Å². The molecule has 0 saturated heterocycles. The highest BCUT2D eigenvalue weighted by Crippen LogP contribution is 2.23. The van der Waals surface area contributed by atoms with Crippen LogP contribution in [0.3, 0.4) is 0 Å². The Labute approximate surface area is 106 Å². The highest BCUT2D eigenvalue weighted by Gasteiger charge is 2.15. The van der Waals surface area contributed by atoms with Gasteiger partial charge in [-0.2, -0.15) is 5.26 Å². The minimum absolute atomic E-state index is 0.459. The fourth-order valence-corrected chi connectivity index (χ4v) is 2.44. The summed E-state index contributed by atoms with van der Waals surface area (Å²) in [7, 11) is 0. The fourth-order valence-electron chi connectivity index (χ4n) is 2.10. The van der Waals surface area contributed by atoms with Crippen molar-refractivity contribution in [3.63, 3.8) is 0 Å². The molecule has 5 heteroatoms. The summed E-state index contributed by atoms with van der Waals surface area (Å²) in [6, 6.07) is 2.60. The lowest BCUT2D eigenvalue weighted by molar-refractivity contribution is 0.461. The molecule has 1 aromatic rings. The normalized spacial score (nSPS) is 16.5. The van der Waals surface area contributed by atoms with E-state index in [1.807, 2.05) is 6.26 Å². The van der Waals surface area contributed by atoms with Crippen LogP contribution in [0.2, 0.25) is 0 Å². The molecule has 0 unspecified atom stereocenters. The van der Waals surface area contributed by atoms with Crippen molar-refractivity contribution in [3.8, 4) is 6.07 Å². The number of anilines is 1. The Kier molecular flexibility index (Phi) is 4.21. The number of aromatic nitrogens is 2. The van der Waals surface area contributed by atoms with Crippen LogP contribution >= 0.6 is 11.8 Å². The average molecular weight is 248 g/mol. The van der Waals surface area contributed by atoms with Gasteiger partial charge in [-0.25, -0.2) is 9.97 Å². The zero-order valence-corrected chi connectivity index (χ0v) is 10.8. The van der Waals surface area contributed by atoms with Crippen LogP contribution in [-0.4, -0.2) is 22.3 Å². The van der Waals surface area contributed by atoms with E-state index in [1.165, 1.54) is 43.9 Å². The average Bonchev–Trinajstić information content (AvgIpc) is 2.40. The first-order chi connectivity index (χ1) is 8.33. The number of nitriles is 1. The third kappa shape index (κ3) is 3.10. The van der Waals surface area contributed by atoms with Gasteiger partial charge >= 0.3 is 0 Å². The third-order valence-corrected chi connectivity index (χ3v) is 3.58. The molecule has 1 fully saturated rings. The summed E-state index contributed by atoms with van der Waals surface area (Å²) in [5.41, 5.74) is 0.536. The third-order valence-electron chi connectivity index (χ3n) is 3.02. The maximum absolute atomic E-state index is 9.03. The van der Waals surface area contributed by atoms with Gasteiger partial charge in [0.15, 0.2) is 5.16 Å². The standard InChI is InChI=1S/C12H16N4S/c1-17-12-14-8-9(7-13)11(16-12)15-10-5-3-2-4-6-10/h8,10H,2-6H2,1H3,(H,14,15,16). The topological polar surface area (TPSA) is 61.6 Å². The van der Waals surface area contributed by atoms with Crippen molar-refractivity contribution < 1.29 is 0 Å². The highest BCUT2D eigenvalue weighted by molar-refractivity contribution is 7.98. The number of hydrogen-bond donors (Lipinski definition) is 1. The maximum Gasteiger partial charge on any atom is 0.189 e. The number of thioether (sulfide) groups is 1. The number of nitrogens with one attached hydrogen (secondary N) is 1. The van der Waals surface area contributed by atoms with Crippen molar-refractivity contribution in [2.45, 2.75) is 43.3 Å². The van der Waals surface area contributed by atoms with E-state index in [4.69, 9.17) is 5.26 Å². The Bertz CT molecular complexity index is 421. The SMILES string of the molecule is CSc1ncc(C#N)c(NC2CCCCC2)n1. The van der Waals surface area contributed by atoms with Crippen molar-refractivity contribution in [3.05, 3.63) is 11.8 Å². The summed E-state index contributed by atoms with van der Waals surface area (Å²) in [5.74, 6) is 0.693. The van der Waals surface area contributed by atoms with Crippen LogP contribution in [0.4, 0.5) is 5.82 Å². The summed E-state index contributed by atoms with van der Waals surface area (Å²) in [6.45, 7) is 0. The van der Waals surface area contributed by atoms with Gasteiger partial charge in [-0.3, -0.25) is 0 Å². The van der Waals surface area contributed by atoms with E-state index in [0.29, 0.717) is 22.6 Å². The van der Waals surface area contributed by atoms with Crippen molar-refractivity contribution in [2.75, 3.05) is 11.6 Å². The Balaban J connectivity index is 2.14. The second-order valence-electron chi connectivity index (χ2n) is 4.21. The van der Waals surface area contributed by atoms with Gasteiger partial charge in [-0.05, 0) is 19.1 Å². The quantitative estimate of drug-likeness (QED) is 0.658. The van der Waals surface area contributed by atoms with E-state index in [1.54, 1.807) is 6.20 Å². The molecule has 17 heavy (non-hydrogen) atoms. The van der Waals surface area contributed by atoms with Crippen LogP contribution in [0.15, 0.2) is 11.4 Å². The first kappa shape index (κ1) is 12.2. The molecule has 1 saturated carbocycles. The lowest BCUT2D eigenvalue weighted by Gasteiger charge is -2.23. The van der Waals surface area contributed by atoms with E-state index >= 15 is 0 Å². The van der Waals surface area contributed by atoms with Gasteiger partial charge in [-0.1, -0.05) is 31.0 Å². The Morgan fingerprint density at radius 3 is 2.82 bits per heavy atom. The molecular weight excluding hydrogens is 232 g/mol. The van der Waals surface area contributed by atoms with Crippen molar-refractivity contribution >= 4 is 17.6 Å². The largest absolute Gasteiger partial charge is 0.366 e. The van der Waals surface area contributed by atoms with Crippen LogP contribution in [0.25, 0.3) is 0 Å². The first-order valence-corrected chi connectivity index (χ1v) is 7.13. The second-order valence-corrected chi connectivity index (χ2v) is 4.98. The van der Waals surface area contributed by atoms with Crippen LogP contribution in [0, 0.1) is 11.3 Å². The zero-order chi connectivity index (χ0) is 12.1. The van der Waals surface area contributed by atoms with Gasteiger partial charge in [-0.15, -0.1) is 0 Å². The van der Waals surface area contributed by atoms with Gasteiger partial charge in [0.25, 0.3) is 0 Å². The van der Waals surface area contributed by atoms with Gasteiger partial charge in [0.05, 0.1) is 6.20 Å². The van der Waals surface area contributed by atoms with Gasteiger partial charge < -0.3 is 5.32 Å². The highest BCUT2D eigenvalue weighted by atomic mass is 32.2. The number of hydrogen-bond acceptors (Lipinski definition) is 5. The number of rotatable bonds is 3. The van der Waals surface area contributed by atoms with E-state index in [-0.39, 0.29) is 0 Å². The maximum atomic E-state index is 9.03. The van der Waals surface area contributed by atoms with Crippen molar-refractivity contribution in [1.29, 1.82) is 5.26 Å². The molecule has 0 atom stereocenters. The molecule has 2 rings (SSSR count). The molecule has 1 aliphatic rings. The van der Waals surface area contributed by atoms with Gasteiger partial charge in [0.2, 0.25) is 0 Å². The van der Waals surface area contributed by atoms with Crippen molar-refractivity contribution in [1.82, 2.24) is 9.97 Å². The molecule has 0 bridgehead atoms. The molecule has 1 aromatic heterocycles.